The molecule has 0 N–H and O–H groups in total. The van der Waals surface area contributed by atoms with Gasteiger partial charge in [-0.1, -0.05) is 46.0 Å². The molecule has 2 aliphatic rings. The maximum atomic E-state index is 10.8. The molecule has 0 radical (unpaired) electrons. The Morgan fingerprint density at radius 2 is 1.41 bits per heavy atom. The van der Waals surface area contributed by atoms with Gasteiger partial charge in [-0.3, -0.25) is 9.59 Å². The van der Waals surface area contributed by atoms with Gasteiger partial charge >= 0.3 is 11.9 Å². The SMILES string of the molecule is CCCCCC1C(=O)OC1C.CCCCCC1OC(=O)C1C. The Morgan fingerprint density at radius 1 is 0.818 bits per heavy atom. The zero-order valence-corrected chi connectivity index (χ0v) is 14.6. The van der Waals surface area contributed by atoms with Crippen molar-refractivity contribution in [1.82, 2.24) is 0 Å². The predicted molar refractivity (Wildman–Crippen MR) is 86.4 cm³/mol. The van der Waals surface area contributed by atoms with Gasteiger partial charge in [-0.15, -0.1) is 0 Å². The second kappa shape index (κ2) is 9.86. The quantitative estimate of drug-likeness (QED) is 0.496. The van der Waals surface area contributed by atoms with Gasteiger partial charge in [-0.05, 0) is 33.1 Å². The van der Waals surface area contributed by atoms with Gasteiger partial charge in [0.15, 0.2) is 0 Å². The molecule has 2 rings (SSSR count). The van der Waals surface area contributed by atoms with Crippen LogP contribution < -0.4 is 0 Å². The van der Waals surface area contributed by atoms with Crippen LogP contribution in [0.15, 0.2) is 0 Å². The highest BCUT2D eigenvalue weighted by molar-refractivity contribution is 5.78. The van der Waals surface area contributed by atoms with Crippen LogP contribution in [0.25, 0.3) is 0 Å². The van der Waals surface area contributed by atoms with Gasteiger partial charge in [0.05, 0.1) is 11.8 Å². The lowest BCUT2D eigenvalue weighted by molar-refractivity contribution is -0.183. The standard InChI is InChI=1S/2C9H16O2/c1-3-4-5-6-8-7(2)11-9(8)10;1-3-4-5-6-8-7(2)9(10)11-8/h2*7-8H,3-6H2,1-2H3. The zero-order chi connectivity index (χ0) is 16.5. The summed E-state index contributed by atoms with van der Waals surface area (Å²) in [5.41, 5.74) is 0. The normalized spacial score (nSPS) is 29.5. The topological polar surface area (TPSA) is 52.6 Å². The Bertz CT molecular complexity index is 353. The molecule has 22 heavy (non-hydrogen) atoms. The van der Waals surface area contributed by atoms with E-state index in [-0.39, 0.29) is 36.0 Å². The zero-order valence-electron chi connectivity index (χ0n) is 14.6. The molecule has 0 saturated carbocycles. The lowest BCUT2D eigenvalue weighted by Gasteiger charge is -2.32. The lowest BCUT2D eigenvalue weighted by Crippen LogP contribution is -2.42. The first kappa shape index (κ1) is 19.0. The van der Waals surface area contributed by atoms with Gasteiger partial charge < -0.3 is 9.47 Å². The van der Waals surface area contributed by atoms with Gasteiger partial charge in [0.2, 0.25) is 0 Å². The Labute approximate surface area is 134 Å². The number of esters is 2. The Balaban J connectivity index is 0.000000220. The van der Waals surface area contributed by atoms with Gasteiger partial charge in [-0.2, -0.15) is 0 Å². The highest BCUT2D eigenvalue weighted by atomic mass is 16.6. The van der Waals surface area contributed by atoms with Crippen LogP contribution in [-0.4, -0.2) is 24.1 Å². The monoisotopic (exact) mass is 312 g/mol. The number of carbonyl (C=O) groups excluding carboxylic acids is 2. The van der Waals surface area contributed by atoms with Gasteiger partial charge in [0.25, 0.3) is 0 Å². The minimum Gasteiger partial charge on any atom is -0.461 e. The molecule has 4 nitrogen and oxygen atoms in total. The van der Waals surface area contributed by atoms with Crippen LogP contribution in [0, 0.1) is 11.8 Å². The van der Waals surface area contributed by atoms with Crippen molar-refractivity contribution in [2.75, 3.05) is 0 Å². The second-order valence-corrected chi connectivity index (χ2v) is 6.50. The Kier molecular flexibility index (Phi) is 8.51. The number of hydrogen-bond donors (Lipinski definition) is 0. The third kappa shape index (κ3) is 5.62. The maximum Gasteiger partial charge on any atom is 0.312 e. The second-order valence-electron chi connectivity index (χ2n) is 6.50. The molecule has 0 aliphatic carbocycles. The number of carbonyl (C=O) groups is 2. The Hall–Kier alpha value is -1.06. The average Bonchev–Trinajstić information content (AvgIpc) is 2.51. The van der Waals surface area contributed by atoms with Gasteiger partial charge in [0.1, 0.15) is 12.2 Å². The minimum atomic E-state index is -0.0218. The van der Waals surface area contributed by atoms with E-state index in [0.29, 0.717) is 0 Å². The highest BCUT2D eigenvalue weighted by Crippen LogP contribution is 2.27. The fourth-order valence-corrected chi connectivity index (χ4v) is 2.78. The highest BCUT2D eigenvalue weighted by Gasteiger charge is 2.38. The van der Waals surface area contributed by atoms with Crippen LogP contribution >= 0.6 is 0 Å². The third-order valence-corrected chi connectivity index (χ3v) is 4.58. The van der Waals surface area contributed by atoms with E-state index in [9.17, 15) is 9.59 Å². The van der Waals surface area contributed by atoms with Crippen molar-refractivity contribution in [3.05, 3.63) is 0 Å². The molecule has 2 heterocycles. The first-order chi connectivity index (χ1) is 10.5. The molecule has 4 unspecified atom stereocenters. The number of ether oxygens (including phenoxy) is 2. The fraction of sp³-hybridized carbons (Fsp3) is 0.889. The van der Waals surface area contributed by atoms with Crippen LogP contribution in [0.2, 0.25) is 0 Å². The summed E-state index contributed by atoms with van der Waals surface area (Å²) in [6.07, 6.45) is 9.78. The van der Waals surface area contributed by atoms with Crippen molar-refractivity contribution in [3.8, 4) is 0 Å². The van der Waals surface area contributed by atoms with E-state index in [0.717, 1.165) is 12.8 Å². The number of hydrogen-bond acceptors (Lipinski definition) is 4. The summed E-state index contributed by atoms with van der Waals surface area (Å²) in [4.78, 5) is 21.5. The predicted octanol–water partition coefficient (Wildman–Crippen LogP) is 4.26. The molecule has 2 saturated heterocycles. The lowest BCUT2D eigenvalue weighted by atomic mass is 9.92. The molecule has 2 aliphatic heterocycles. The minimum absolute atomic E-state index is 0.00797. The number of rotatable bonds is 8. The van der Waals surface area contributed by atoms with Gasteiger partial charge in [0, 0.05) is 0 Å². The van der Waals surface area contributed by atoms with E-state index in [1.54, 1.807) is 0 Å². The molecule has 0 aromatic carbocycles. The molecule has 0 aromatic heterocycles. The van der Waals surface area contributed by atoms with Crippen molar-refractivity contribution in [1.29, 1.82) is 0 Å². The Morgan fingerprint density at radius 3 is 1.82 bits per heavy atom. The average molecular weight is 312 g/mol. The van der Waals surface area contributed by atoms with Crippen LogP contribution in [0.4, 0.5) is 0 Å². The first-order valence-electron chi connectivity index (χ1n) is 8.92. The summed E-state index contributed by atoms with van der Waals surface area (Å²) >= 11 is 0. The van der Waals surface area contributed by atoms with Crippen molar-refractivity contribution < 1.29 is 19.1 Å². The van der Waals surface area contributed by atoms with Crippen LogP contribution in [0.5, 0.6) is 0 Å². The summed E-state index contributed by atoms with van der Waals surface area (Å²) < 4.78 is 9.80. The number of unbranched alkanes of at least 4 members (excludes halogenated alkanes) is 4. The van der Waals surface area contributed by atoms with E-state index in [1.807, 2.05) is 13.8 Å². The molecule has 0 bridgehead atoms. The molecule has 2 fully saturated rings. The van der Waals surface area contributed by atoms with Crippen LogP contribution in [0.3, 0.4) is 0 Å². The summed E-state index contributed by atoms with van der Waals surface area (Å²) in [5.74, 6) is 0.355. The van der Waals surface area contributed by atoms with Crippen molar-refractivity contribution in [2.45, 2.75) is 91.3 Å². The maximum absolute atomic E-state index is 10.8. The summed E-state index contributed by atoms with van der Waals surface area (Å²) in [5, 5.41) is 0. The van der Waals surface area contributed by atoms with Crippen molar-refractivity contribution in [3.63, 3.8) is 0 Å². The molecular formula is C18H32O4. The molecule has 0 amide bonds. The molecular weight excluding hydrogens is 280 g/mol. The molecule has 4 atom stereocenters. The largest absolute Gasteiger partial charge is 0.461 e. The first-order valence-corrected chi connectivity index (χ1v) is 8.92. The fourth-order valence-electron chi connectivity index (χ4n) is 2.78. The van der Waals surface area contributed by atoms with E-state index in [4.69, 9.17) is 9.47 Å². The van der Waals surface area contributed by atoms with E-state index in [1.165, 1.54) is 38.5 Å². The van der Waals surface area contributed by atoms with Crippen molar-refractivity contribution >= 4 is 11.9 Å². The van der Waals surface area contributed by atoms with Crippen LogP contribution in [-0.2, 0) is 19.1 Å². The van der Waals surface area contributed by atoms with E-state index >= 15 is 0 Å². The molecule has 4 heteroatoms. The summed E-state index contributed by atoms with van der Waals surface area (Å²) in [6.45, 7) is 8.26. The molecule has 0 aromatic rings. The smallest absolute Gasteiger partial charge is 0.312 e. The molecule has 0 spiro atoms. The molecule has 128 valence electrons. The van der Waals surface area contributed by atoms with E-state index < -0.39 is 0 Å². The third-order valence-electron chi connectivity index (χ3n) is 4.58. The van der Waals surface area contributed by atoms with E-state index in [2.05, 4.69) is 13.8 Å². The summed E-state index contributed by atoms with van der Waals surface area (Å²) in [7, 11) is 0. The summed E-state index contributed by atoms with van der Waals surface area (Å²) in [6, 6.07) is 0. The van der Waals surface area contributed by atoms with Crippen LogP contribution in [0.1, 0.15) is 79.1 Å². The van der Waals surface area contributed by atoms with Crippen molar-refractivity contribution in [2.24, 2.45) is 11.8 Å². The number of cyclic esters (lactones) is 2. The van der Waals surface area contributed by atoms with Gasteiger partial charge in [-0.25, -0.2) is 0 Å².